The van der Waals surface area contributed by atoms with Crippen LogP contribution in [0.3, 0.4) is 0 Å². The quantitative estimate of drug-likeness (QED) is 0.611. The third-order valence-corrected chi connectivity index (χ3v) is 2.82. The molecule has 1 aliphatic carbocycles. The van der Waals surface area contributed by atoms with Gasteiger partial charge in [0.1, 0.15) is 0 Å². The molecule has 0 bridgehead atoms. The molecule has 12 heavy (non-hydrogen) atoms. The van der Waals surface area contributed by atoms with Crippen LogP contribution in [0.15, 0.2) is 0 Å². The number of nitrogens with zero attached hydrogens (tertiary/aromatic N) is 1. The van der Waals surface area contributed by atoms with E-state index >= 15 is 0 Å². The van der Waals surface area contributed by atoms with Gasteiger partial charge in [-0.2, -0.15) is 0 Å². The smallest absolute Gasteiger partial charge is 0.000947 e. The molecule has 1 nitrogen and oxygen atoms in total. The second-order valence-corrected chi connectivity index (χ2v) is 4.78. The fourth-order valence-electron chi connectivity index (χ4n) is 2.13. The Labute approximate surface area is 77.1 Å². The van der Waals surface area contributed by atoms with Gasteiger partial charge >= 0.3 is 0 Å². The Balaban J connectivity index is 2.07. The number of rotatable bonds is 5. The maximum Gasteiger partial charge on any atom is 0.000947 e. The van der Waals surface area contributed by atoms with Gasteiger partial charge in [0.25, 0.3) is 0 Å². The lowest BCUT2D eigenvalue weighted by molar-refractivity contribution is 0.279. The Morgan fingerprint density at radius 2 is 2.00 bits per heavy atom. The van der Waals surface area contributed by atoms with E-state index in [0.717, 1.165) is 17.8 Å². The fourth-order valence-corrected chi connectivity index (χ4v) is 2.13. The van der Waals surface area contributed by atoms with Gasteiger partial charge in [0.15, 0.2) is 0 Å². The second-order valence-electron chi connectivity index (χ2n) is 4.78. The van der Waals surface area contributed by atoms with Gasteiger partial charge in [-0.05, 0) is 31.2 Å². The third kappa shape index (κ3) is 3.14. The maximum atomic E-state index is 2.49. The van der Waals surface area contributed by atoms with Gasteiger partial charge in [0, 0.05) is 13.1 Å². The molecule has 1 saturated carbocycles. The van der Waals surface area contributed by atoms with E-state index in [-0.39, 0.29) is 0 Å². The molecule has 0 aromatic rings. The first-order chi connectivity index (χ1) is 5.63. The van der Waals surface area contributed by atoms with Crippen molar-refractivity contribution in [2.75, 3.05) is 20.1 Å². The molecule has 0 N–H and O–H groups in total. The molecule has 1 fully saturated rings. The minimum Gasteiger partial charge on any atom is -0.306 e. The van der Waals surface area contributed by atoms with E-state index in [4.69, 9.17) is 0 Å². The summed E-state index contributed by atoms with van der Waals surface area (Å²) < 4.78 is 0. The average molecular weight is 169 g/mol. The largest absolute Gasteiger partial charge is 0.306 e. The lowest BCUT2D eigenvalue weighted by Gasteiger charge is -2.18. The van der Waals surface area contributed by atoms with Gasteiger partial charge in [-0.3, -0.25) is 0 Å². The van der Waals surface area contributed by atoms with Crippen molar-refractivity contribution >= 4 is 0 Å². The van der Waals surface area contributed by atoms with Crippen LogP contribution in [-0.4, -0.2) is 25.0 Å². The standard InChI is InChI=1S/C11H23N/c1-5-10-6-11(10)8-12(4)7-9(2)3/h9-11H,5-8H2,1-4H3/t10-,11+/m0/s1. The van der Waals surface area contributed by atoms with Crippen LogP contribution in [0.5, 0.6) is 0 Å². The Hall–Kier alpha value is -0.0400. The minimum atomic E-state index is 0.814. The van der Waals surface area contributed by atoms with Crippen LogP contribution in [0.4, 0.5) is 0 Å². The lowest BCUT2D eigenvalue weighted by Crippen LogP contribution is -2.25. The monoisotopic (exact) mass is 169 g/mol. The number of hydrogen-bond donors (Lipinski definition) is 0. The highest BCUT2D eigenvalue weighted by atomic mass is 15.1. The fraction of sp³-hybridized carbons (Fsp3) is 1.00. The Bertz CT molecular complexity index is 131. The normalized spacial score (nSPS) is 28.5. The van der Waals surface area contributed by atoms with Crippen LogP contribution in [0.25, 0.3) is 0 Å². The summed E-state index contributed by atoms with van der Waals surface area (Å²) in [5, 5.41) is 0. The zero-order valence-corrected chi connectivity index (χ0v) is 9.01. The Morgan fingerprint density at radius 3 is 2.42 bits per heavy atom. The molecule has 2 atom stereocenters. The topological polar surface area (TPSA) is 3.24 Å². The summed E-state index contributed by atoms with van der Waals surface area (Å²) in [5.74, 6) is 2.90. The summed E-state index contributed by atoms with van der Waals surface area (Å²) in [6.45, 7) is 9.48. The van der Waals surface area contributed by atoms with Gasteiger partial charge in [0.05, 0.1) is 0 Å². The molecule has 0 aliphatic heterocycles. The molecule has 72 valence electrons. The lowest BCUT2D eigenvalue weighted by atomic mass is 10.2. The van der Waals surface area contributed by atoms with Crippen molar-refractivity contribution in [2.24, 2.45) is 17.8 Å². The van der Waals surface area contributed by atoms with Crippen LogP contribution in [0, 0.1) is 17.8 Å². The van der Waals surface area contributed by atoms with E-state index in [2.05, 4.69) is 32.7 Å². The van der Waals surface area contributed by atoms with E-state index in [1.807, 2.05) is 0 Å². The molecule has 1 rings (SSSR count). The average Bonchev–Trinajstić information content (AvgIpc) is 2.65. The van der Waals surface area contributed by atoms with E-state index in [9.17, 15) is 0 Å². The first-order valence-electron chi connectivity index (χ1n) is 5.32. The molecular formula is C11H23N. The summed E-state index contributed by atoms with van der Waals surface area (Å²) in [5.41, 5.74) is 0. The molecule has 0 radical (unpaired) electrons. The SMILES string of the molecule is CC[C@H]1C[C@@H]1CN(C)CC(C)C. The predicted molar refractivity (Wildman–Crippen MR) is 54.2 cm³/mol. The van der Waals surface area contributed by atoms with Gasteiger partial charge in [0.2, 0.25) is 0 Å². The molecule has 0 saturated heterocycles. The maximum absolute atomic E-state index is 2.49. The van der Waals surface area contributed by atoms with Crippen LogP contribution in [-0.2, 0) is 0 Å². The molecule has 0 aromatic heterocycles. The van der Waals surface area contributed by atoms with Gasteiger partial charge in [-0.1, -0.05) is 27.2 Å². The molecule has 0 heterocycles. The van der Waals surface area contributed by atoms with E-state index in [0.29, 0.717) is 0 Å². The zero-order chi connectivity index (χ0) is 9.14. The summed E-state index contributed by atoms with van der Waals surface area (Å²) in [6, 6.07) is 0. The van der Waals surface area contributed by atoms with Crippen molar-refractivity contribution in [3.63, 3.8) is 0 Å². The molecule has 1 aliphatic rings. The number of hydrogen-bond acceptors (Lipinski definition) is 1. The van der Waals surface area contributed by atoms with Crippen LogP contribution < -0.4 is 0 Å². The highest BCUT2D eigenvalue weighted by Crippen LogP contribution is 2.41. The molecule has 0 amide bonds. The summed E-state index contributed by atoms with van der Waals surface area (Å²) in [4.78, 5) is 2.49. The summed E-state index contributed by atoms with van der Waals surface area (Å²) in [6.07, 6.45) is 2.87. The molecule has 0 aromatic carbocycles. The zero-order valence-electron chi connectivity index (χ0n) is 9.01. The van der Waals surface area contributed by atoms with Gasteiger partial charge < -0.3 is 4.90 Å². The Morgan fingerprint density at radius 1 is 1.33 bits per heavy atom. The van der Waals surface area contributed by atoms with Crippen molar-refractivity contribution in [1.82, 2.24) is 4.90 Å². The van der Waals surface area contributed by atoms with Gasteiger partial charge in [-0.25, -0.2) is 0 Å². The highest BCUT2D eigenvalue weighted by Gasteiger charge is 2.35. The first kappa shape index (κ1) is 10.0. The molecular weight excluding hydrogens is 146 g/mol. The molecule has 1 heteroatoms. The highest BCUT2D eigenvalue weighted by molar-refractivity contribution is 4.86. The van der Waals surface area contributed by atoms with Crippen molar-refractivity contribution in [2.45, 2.75) is 33.6 Å². The van der Waals surface area contributed by atoms with Gasteiger partial charge in [-0.15, -0.1) is 0 Å². The van der Waals surface area contributed by atoms with Crippen molar-refractivity contribution in [1.29, 1.82) is 0 Å². The van der Waals surface area contributed by atoms with Crippen molar-refractivity contribution in [3.8, 4) is 0 Å². The van der Waals surface area contributed by atoms with Crippen LogP contribution >= 0.6 is 0 Å². The summed E-state index contributed by atoms with van der Waals surface area (Å²) in [7, 11) is 2.26. The third-order valence-electron chi connectivity index (χ3n) is 2.82. The Kier molecular flexibility index (Phi) is 3.57. The van der Waals surface area contributed by atoms with E-state index < -0.39 is 0 Å². The minimum absolute atomic E-state index is 0.814. The molecule has 0 spiro atoms. The van der Waals surface area contributed by atoms with Crippen LogP contribution in [0.1, 0.15) is 33.6 Å². The first-order valence-corrected chi connectivity index (χ1v) is 5.32. The van der Waals surface area contributed by atoms with Crippen LogP contribution in [0.2, 0.25) is 0 Å². The van der Waals surface area contributed by atoms with E-state index in [1.54, 1.807) is 0 Å². The van der Waals surface area contributed by atoms with E-state index in [1.165, 1.54) is 25.9 Å². The second kappa shape index (κ2) is 4.27. The predicted octanol–water partition coefficient (Wildman–Crippen LogP) is 2.62. The van der Waals surface area contributed by atoms with Crippen molar-refractivity contribution < 1.29 is 0 Å². The van der Waals surface area contributed by atoms with Crippen molar-refractivity contribution in [3.05, 3.63) is 0 Å². The summed E-state index contributed by atoms with van der Waals surface area (Å²) >= 11 is 0. The molecule has 0 unspecified atom stereocenters.